The van der Waals surface area contributed by atoms with Crippen molar-refractivity contribution in [3.05, 3.63) is 18.4 Å². The Hall–Kier alpha value is -1.74. The molecule has 0 bridgehead atoms. The quantitative estimate of drug-likeness (QED) is 0.716. The Morgan fingerprint density at radius 1 is 1.50 bits per heavy atom. The molecular weight excluding hydrogens is 202 g/mol. The summed E-state index contributed by atoms with van der Waals surface area (Å²) in [5.74, 6) is 1.15. The molecule has 0 fully saturated rings. The van der Waals surface area contributed by atoms with E-state index in [9.17, 15) is 0 Å². The van der Waals surface area contributed by atoms with Gasteiger partial charge in [0.05, 0.1) is 18.1 Å². The fourth-order valence-electron chi connectivity index (χ4n) is 0.862. The van der Waals surface area contributed by atoms with E-state index >= 15 is 0 Å². The molecule has 2 rings (SSSR count). The average Bonchev–Trinajstić information content (AvgIpc) is 2.85. The third-order valence-corrected chi connectivity index (χ3v) is 2.08. The first-order chi connectivity index (χ1) is 6.90. The minimum absolute atomic E-state index is 0.291. The van der Waals surface area contributed by atoms with Gasteiger partial charge in [-0.1, -0.05) is 11.8 Å². The van der Waals surface area contributed by atoms with Crippen molar-refractivity contribution >= 4 is 11.8 Å². The van der Waals surface area contributed by atoms with Crippen molar-refractivity contribution in [3.63, 3.8) is 0 Å². The smallest absolute Gasteiger partial charge is 0.284 e. The summed E-state index contributed by atoms with van der Waals surface area (Å²) < 4.78 is 10.3. The zero-order valence-corrected chi connectivity index (χ0v) is 7.82. The van der Waals surface area contributed by atoms with Crippen molar-refractivity contribution in [2.75, 3.05) is 5.75 Å². The van der Waals surface area contributed by atoms with E-state index in [1.54, 1.807) is 12.1 Å². The van der Waals surface area contributed by atoms with Crippen LogP contribution in [0.25, 0.3) is 11.7 Å². The lowest BCUT2D eigenvalue weighted by molar-refractivity contribution is 0.447. The molecule has 6 heteroatoms. The van der Waals surface area contributed by atoms with Crippen LogP contribution in [0.15, 0.2) is 32.5 Å². The summed E-state index contributed by atoms with van der Waals surface area (Å²) in [4.78, 5) is 0. The summed E-state index contributed by atoms with van der Waals surface area (Å²) >= 11 is 1.20. The van der Waals surface area contributed by atoms with Gasteiger partial charge in [-0.05, 0) is 12.1 Å². The highest BCUT2D eigenvalue weighted by Crippen LogP contribution is 2.22. The molecule has 2 aromatic heterocycles. The van der Waals surface area contributed by atoms with Crippen LogP contribution < -0.4 is 0 Å². The van der Waals surface area contributed by atoms with E-state index in [4.69, 9.17) is 14.1 Å². The molecule has 0 radical (unpaired) electrons. The van der Waals surface area contributed by atoms with Crippen molar-refractivity contribution in [2.24, 2.45) is 0 Å². The first-order valence-corrected chi connectivity index (χ1v) is 4.76. The predicted molar refractivity (Wildman–Crippen MR) is 48.3 cm³/mol. The highest BCUT2D eigenvalue weighted by Gasteiger charge is 2.10. The number of aromatic nitrogens is 2. The summed E-state index contributed by atoms with van der Waals surface area (Å²) in [6.45, 7) is 0. The van der Waals surface area contributed by atoms with Gasteiger partial charge in [0.1, 0.15) is 0 Å². The number of hydrogen-bond acceptors (Lipinski definition) is 6. The van der Waals surface area contributed by atoms with E-state index < -0.39 is 0 Å². The van der Waals surface area contributed by atoms with E-state index in [0.717, 1.165) is 0 Å². The van der Waals surface area contributed by atoms with Crippen LogP contribution in [0, 0.1) is 11.3 Å². The van der Waals surface area contributed by atoms with Gasteiger partial charge in [-0.25, -0.2) is 0 Å². The fourth-order valence-corrected chi connectivity index (χ4v) is 1.29. The standard InChI is InChI=1S/C8H5N3O2S/c9-3-5-14-8-11-10-7(13-8)6-2-1-4-12-6/h1-2,4H,5H2. The number of rotatable bonds is 3. The van der Waals surface area contributed by atoms with Crippen LogP contribution in [0.5, 0.6) is 0 Å². The largest absolute Gasteiger partial charge is 0.459 e. The number of thioether (sulfide) groups is 1. The van der Waals surface area contributed by atoms with Crippen molar-refractivity contribution in [1.82, 2.24) is 10.2 Å². The van der Waals surface area contributed by atoms with Crippen LogP contribution in [0.3, 0.4) is 0 Å². The van der Waals surface area contributed by atoms with Gasteiger partial charge in [-0.3, -0.25) is 0 Å². The zero-order chi connectivity index (χ0) is 9.80. The maximum atomic E-state index is 8.34. The van der Waals surface area contributed by atoms with Gasteiger partial charge in [-0.2, -0.15) is 5.26 Å². The molecule has 0 aliphatic heterocycles. The third-order valence-electron chi connectivity index (χ3n) is 1.40. The van der Waals surface area contributed by atoms with Crippen molar-refractivity contribution in [2.45, 2.75) is 5.22 Å². The van der Waals surface area contributed by atoms with Crippen molar-refractivity contribution in [3.8, 4) is 17.7 Å². The van der Waals surface area contributed by atoms with Gasteiger partial charge in [0.2, 0.25) is 0 Å². The molecular formula is C8H5N3O2S. The third kappa shape index (κ3) is 1.78. The zero-order valence-electron chi connectivity index (χ0n) is 7.01. The van der Waals surface area contributed by atoms with E-state index in [1.807, 2.05) is 6.07 Å². The summed E-state index contributed by atoms with van der Waals surface area (Å²) in [7, 11) is 0. The summed E-state index contributed by atoms with van der Waals surface area (Å²) in [5, 5.41) is 16.2. The molecule has 0 spiro atoms. The number of nitriles is 1. The van der Waals surface area contributed by atoms with Crippen molar-refractivity contribution < 1.29 is 8.83 Å². The van der Waals surface area contributed by atoms with Crippen LogP contribution in [0.1, 0.15) is 0 Å². The topological polar surface area (TPSA) is 75.8 Å². The van der Waals surface area contributed by atoms with Crippen LogP contribution in [0.2, 0.25) is 0 Å². The first-order valence-electron chi connectivity index (χ1n) is 3.77. The summed E-state index contributed by atoms with van der Waals surface area (Å²) in [6, 6.07) is 5.44. The van der Waals surface area contributed by atoms with Gasteiger partial charge in [-0.15, -0.1) is 10.2 Å². The molecule has 5 nitrogen and oxygen atoms in total. The second-order valence-electron chi connectivity index (χ2n) is 2.30. The molecule has 0 atom stereocenters. The Morgan fingerprint density at radius 3 is 3.14 bits per heavy atom. The molecule has 0 saturated heterocycles. The van der Waals surface area contributed by atoms with Crippen LogP contribution >= 0.6 is 11.8 Å². The van der Waals surface area contributed by atoms with E-state index in [0.29, 0.717) is 22.6 Å². The van der Waals surface area contributed by atoms with E-state index in [-0.39, 0.29) is 0 Å². The van der Waals surface area contributed by atoms with Gasteiger partial charge < -0.3 is 8.83 Å². The fraction of sp³-hybridized carbons (Fsp3) is 0.125. The number of nitrogens with zero attached hydrogens (tertiary/aromatic N) is 3. The maximum Gasteiger partial charge on any atom is 0.284 e. The van der Waals surface area contributed by atoms with Crippen LogP contribution in [0.4, 0.5) is 0 Å². The SMILES string of the molecule is N#CCSc1nnc(-c2ccco2)o1. The van der Waals surface area contributed by atoms with Crippen molar-refractivity contribution in [1.29, 1.82) is 5.26 Å². The normalized spacial score (nSPS) is 9.93. The minimum Gasteiger partial charge on any atom is -0.459 e. The average molecular weight is 207 g/mol. The first kappa shape index (κ1) is 8.84. The monoisotopic (exact) mass is 207 g/mol. The minimum atomic E-state index is 0.291. The lowest BCUT2D eigenvalue weighted by atomic mass is 10.5. The molecule has 0 aliphatic carbocycles. The molecule has 0 N–H and O–H groups in total. The number of hydrogen-bond donors (Lipinski definition) is 0. The highest BCUT2D eigenvalue weighted by molar-refractivity contribution is 7.99. The molecule has 0 saturated carbocycles. The Balaban J connectivity index is 2.15. The Bertz CT molecular complexity index is 443. The Morgan fingerprint density at radius 2 is 2.43 bits per heavy atom. The predicted octanol–water partition coefficient (Wildman–Crippen LogP) is 1.95. The van der Waals surface area contributed by atoms with Crippen LogP contribution in [-0.4, -0.2) is 16.0 Å². The second-order valence-corrected chi connectivity index (χ2v) is 3.22. The molecule has 14 heavy (non-hydrogen) atoms. The van der Waals surface area contributed by atoms with E-state index in [1.165, 1.54) is 18.0 Å². The molecule has 0 aliphatic rings. The van der Waals surface area contributed by atoms with E-state index in [2.05, 4.69) is 10.2 Å². The lowest BCUT2D eigenvalue weighted by Crippen LogP contribution is -1.73. The molecule has 70 valence electrons. The lowest BCUT2D eigenvalue weighted by Gasteiger charge is -1.85. The number of furan rings is 1. The maximum absolute atomic E-state index is 8.34. The Kier molecular flexibility index (Phi) is 2.51. The van der Waals surface area contributed by atoms with Gasteiger partial charge in [0.25, 0.3) is 11.1 Å². The molecule has 0 unspecified atom stereocenters. The molecule has 0 amide bonds. The second kappa shape index (κ2) is 3.98. The molecule has 2 aromatic rings. The highest BCUT2D eigenvalue weighted by atomic mass is 32.2. The summed E-state index contributed by atoms with van der Waals surface area (Å²) in [5.41, 5.74) is 0. The molecule has 2 heterocycles. The molecule has 0 aromatic carbocycles. The Labute approximate surface area is 83.7 Å². The van der Waals surface area contributed by atoms with Gasteiger partial charge in [0, 0.05) is 0 Å². The van der Waals surface area contributed by atoms with Crippen LogP contribution in [-0.2, 0) is 0 Å². The van der Waals surface area contributed by atoms with Gasteiger partial charge >= 0.3 is 0 Å². The summed E-state index contributed by atoms with van der Waals surface area (Å²) in [6.07, 6.45) is 1.53. The van der Waals surface area contributed by atoms with Gasteiger partial charge in [0.15, 0.2) is 5.76 Å².